The van der Waals surface area contributed by atoms with Crippen LogP contribution >= 0.6 is 11.6 Å². The topological polar surface area (TPSA) is 80.3 Å². The van der Waals surface area contributed by atoms with E-state index in [-0.39, 0.29) is 11.6 Å². The van der Waals surface area contributed by atoms with E-state index in [1.165, 1.54) is 25.4 Å². The number of benzene rings is 2. The van der Waals surface area contributed by atoms with Crippen LogP contribution < -0.4 is 15.4 Å². The van der Waals surface area contributed by atoms with Crippen molar-refractivity contribution in [2.75, 3.05) is 17.7 Å². The molecule has 0 fully saturated rings. The highest BCUT2D eigenvalue weighted by atomic mass is 35.5. The third kappa shape index (κ3) is 4.47. The number of hydrogen-bond donors (Lipinski definition) is 2. The van der Waals surface area contributed by atoms with Gasteiger partial charge in [0.25, 0.3) is 11.8 Å². The van der Waals surface area contributed by atoms with Crippen LogP contribution in [0.15, 0.2) is 60.8 Å². The summed E-state index contributed by atoms with van der Waals surface area (Å²) in [5, 5.41) is 6.04. The minimum absolute atomic E-state index is 0.115. The van der Waals surface area contributed by atoms with Gasteiger partial charge in [-0.3, -0.25) is 14.6 Å². The van der Waals surface area contributed by atoms with Crippen molar-refractivity contribution in [2.45, 2.75) is 6.92 Å². The zero-order valence-corrected chi connectivity index (χ0v) is 16.1. The number of carbonyl (C=O) groups excluding carboxylic acids is 2. The first-order valence-electron chi connectivity index (χ1n) is 8.46. The Morgan fingerprint density at radius 1 is 1.00 bits per heavy atom. The zero-order valence-electron chi connectivity index (χ0n) is 15.3. The predicted molar refractivity (Wildman–Crippen MR) is 109 cm³/mol. The van der Waals surface area contributed by atoms with Gasteiger partial charge in [0.1, 0.15) is 11.4 Å². The highest BCUT2D eigenvalue weighted by Crippen LogP contribution is 2.24. The Morgan fingerprint density at radius 3 is 2.54 bits per heavy atom. The maximum atomic E-state index is 12.6. The van der Waals surface area contributed by atoms with E-state index in [2.05, 4.69) is 15.6 Å². The summed E-state index contributed by atoms with van der Waals surface area (Å²) in [5.41, 5.74) is 2.41. The molecular weight excluding hydrogens is 378 g/mol. The SMILES string of the molecule is COc1ccccc1NC(=O)c1ccnc(C(=O)Nc2ccc(C)c(Cl)c2)c1. The maximum absolute atomic E-state index is 12.6. The molecular formula is C21H18ClN3O3. The van der Waals surface area contributed by atoms with Crippen LogP contribution in [0.25, 0.3) is 0 Å². The van der Waals surface area contributed by atoms with E-state index in [1.807, 2.05) is 13.0 Å². The Bertz CT molecular complexity index is 1040. The van der Waals surface area contributed by atoms with E-state index in [0.717, 1.165) is 5.56 Å². The minimum Gasteiger partial charge on any atom is -0.495 e. The molecule has 0 aliphatic rings. The molecule has 1 aromatic heterocycles. The average Bonchev–Trinajstić information content (AvgIpc) is 2.71. The number of ether oxygens (including phenoxy) is 1. The largest absolute Gasteiger partial charge is 0.495 e. The lowest BCUT2D eigenvalue weighted by Crippen LogP contribution is -2.17. The molecule has 2 aromatic carbocycles. The fraction of sp³-hybridized carbons (Fsp3) is 0.0952. The van der Waals surface area contributed by atoms with Gasteiger partial charge < -0.3 is 15.4 Å². The van der Waals surface area contributed by atoms with Crippen molar-refractivity contribution in [1.82, 2.24) is 4.98 Å². The molecule has 28 heavy (non-hydrogen) atoms. The van der Waals surface area contributed by atoms with Gasteiger partial charge in [0, 0.05) is 22.5 Å². The van der Waals surface area contributed by atoms with Crippen molar-refractivity contribution in [1.29, 1.82) is 0 Å². The predicted octanol–water partition coefficient (Wildman–Crippen LogP) is 4.56. The lowest BCUT2D eigenvalue weighted by molar-refractivity contribution is 0.102. The molecule has 0 saturated heterocycles. The smallest absolute Gasteiger partial charge is 0.274 e. The third-order valence-electron chi connectivity index (χ3n) is 4.04. The van der Waals surface area contributed by atoms with Crippen molar-refractivity contribution >= 4 is 34.8 Å². The molecule has 0 saturated carbocycles. The molecule has 2 amide bonds. The quantitative estimate of drug-likeness (QED) is 0.663. The number of carbonyl (C=O) groups is 2. The number of halogens is 1. The van der Waals surface area contributed by atoms with Crippen molar-refractivity contribution < 1.29 is 14.3 Å². The van der Waals surface area contributed by atoms with Gasteiger partial charge in [-0.15, -0.1) is 0 Å². The Kier molecular flexibility index (Phi) is 5.91. The van der Waals surface area contributed by atoms with Crippen LogP contribution in [-0.4, -0.2) is 23.9 Å². The monoisotopic (exact) mass is 395 g/mol. The number of para-hydroxylation sites is 2. The Hall–Kier alpha value is -3.38. The number of aryl methyl sites for hydroxylation is 1. The van der Waals surface area contributed by atoms with Gasteiger partial charge >= 0.3 is 0 Å². The Labute approximate surface area is 167 Å². The van der Waals surface area contributed by atoms with E-state index in [4.69, 9.17) is 16.3 Å². The van der Waals surface area contributed by atoms with Crippen LogP contribution in [0.5, 0.6) is 5.75 Å². The number of nitrogens with zero attached hydrogens (tertiary/aromatic N) is 1. The van der Waals surface area contributed by atoms with Crippen LogP contribution in [0, 0.1) is 6.92 Å². The van der Waals surface area contributed by atoms with E-state index in [0.29, 0.717) is 27.7 Å². The third-order valence-corrected chi connectivity index (χ3v) is 4.45. The number of anilines is 2. The van der Waals surface area contributed by atoms with Crippen LogP contribution in [-0.2, 0) is 0 Å². The van der Waals surface area contributed by atoms with Crippen molar-refractivity contribution in [3.63, 3.8) is 0 Å². The number of methoxy groups -OCH3 is 1. The summed E-state index contributed by atoms with van der Waals surface area (Å²) < 4.78 is 5.23. The molecule has 1 heterocycles. The summed E-state index contributed by atoms with van der Waals surface area (Å²) in [6.45, 7) is 1.87. The number of rotatable bonds is 5. The lowest BCUT2D eigenvalue weighted by atomic mass is 10.2. The van der Waals surface area contributed by atoms with E-state index in [1.54, 1.807) is 36.4 Å². The van der Waals surface area contributed by atoms with E-state index in [9.17, 15) is 9.59 Å². The van der Waals surface area contributed by atoms with E-state index < -0.39 is 5.91 Å². The van der Waals surface area contributed by atoms with Crippen molar-refractivity contribution in [2.24, 2.45) is 0 Å². The highest BCUT2D eigenvalue weighted by Gasteiger charge is 2.14. The van der Waals surface area contributed by atoms with Crippen LogP contribution in [0.1, 0.15) is 26.4 Å². The van der Waals surface area contributed by atoms with Gasteiger partial charge in [0.05, 0.1) is 12.8 Å². The second-order valence-corrected chi connectivity index (χ2v) is 6.41. The molecule has 0 spiro atoms. The van der Waals surface area contributed by atoms with Crippen LogP contribution in [0.3, 0.4) is 0 Å². The Balaban J connectivity index is 1.76. The molecule has 0 unspecified atom stereocenters. The van der Waals surface area contributed by atoms with Crippen molar-refractivity contribution in [3.05, 3.63) is 82.6 Å². The van der Waals surface area contributed by atoms with Gasteiger partial charge in [-0.1, -0.05) is 29.8 Å². The molecule has 6 nitrogen and oxygen atoms in total. The second kappa shape index (κ2) is 8.54. The number of amides is 2. The summed E-state index contributed by atoms with van der Waals surface area (Å²) in [5.74, 6) is -0.273. The molecule has 142 valence electrons. The van der Waals surface area contributed by atoms with Crippen molar-refractivity contribution in [3.8, 4) is 5.75 Å². The average molecular weight is 396 g/mol. The molecule has 0 aliphatic carbocycles. The maximum Gasteiger partial charge on any atom is 0.274 e. The molecule has 0 atom stereocenters. The van der Waals surface area contributed by atoms with Crippen LogP contribution in [0.4, 0.5) is 11.4 Å². The first-order chi connectivity index (χ1) is 13.5. The van der Waals surface area contributed by atoms with Gasteiger partial charge in [-0.25, -0.2) is 0 Å². The fourth-order valence-corrected chi connectivity index (χ4v) is 2.68. The summed E-state index contributed by atoms with van der Waals surface area (Å²) in [7, 11) is 1.52. The number of nitrogens with one attached hydrogen (secondary N) is 2. The summed E-state index contributed by atoms with van der Waals surface area (Å²) in [6.07, 6.45) is 1.41. The fourth-order valence-electron chi connectivity index (χ4n) is 2.50. The molecule has 7 heteroatoms. The molecule has 2 N–H and O–H groups in total. The standard InChI is InChI=1S/C21H18ClN3O3/c1-13-7-8-15(12-16(13)22)24-21(27)18-11-14(9-10-23-18)20(26)25-17-5-3-4-6-19(17)28-2/h3-12H,1-2H3,(H,24,27)(H,25,26). The summed E-state index contributed by atoms with van der Waals surface area (Å²) in [6, 6.07) is 15.2. The summed E-state index contributed by atoms with van der Waals surface area (Å²) in [4.78, 5) is 29.1. The van der Waals surface area contributed by atoms with Gasteiger partial charge in [0.15, 0.2) is 0 Å². The van der Waals surface area contributed by atoms with Crippen LogP contribution in [0.2, 0.25) is 5.02 Å². The molecule has 0 bridgehead atoms. The minimum atomic E-state index is -0.438. The summed E-state index contributed by atoms with van der Waals surface area (Å²) >= 11 is 6.08. The zero-order chi connectivity index (χ0) is 20.1. The van der Waals surface area contributed by atoms with Gasteiger partial charge in [0.2, 0.25) is 0 Å². The normalized spacial score (nSPS) is 10.2. The number of pyridine rings is 1. The van der Waals surface area contributed by atoms with Gasteiger partial charge in [-0.2, -0.15) is 0 Å². The first kappa shape index (κ1) is 19.4. The first-order valence-corrected chi connectivity index (χ1v) is 8.83. The van der Waals surface area contributed by atoms with E-state index >= 15 is 0 Å². The highest BCUT2D eigenvalue weighted by molar-refractivity contribution is 6.31. The number of hydrogen-bond acceptors (Lipinski definition) is 4. The molecule has 0 radical (unpaired) electrons. The number of aromatic nitrogens is 1. The van der Waals surface area contributed by atoms with Gasteiger partial charge in [-0.05, 0) is 48.9 Å². The molecule has 3 rings (SSSR count). The molecule has 0 aliphatic heterocycles. The second-order valence-electron chi connectivity index (χ2n) is 6.00. The Morgan fingerprint density at radius 2 is 1.79 bits per heavy atom. The lowest BCUT2D eigenvalue weighted by Gasteiger charge is -2.10. The molecule has 3 aromatic rings.